The molecule has 0 fully saturated rings. The number of hydrogen-bond acceptors (Lipinski definition) is 1. The first-order valence-electron chi connectivity index (χ1n) is 9.24. The zero-order chi connectivity index (χ0) is 17.7. The van der Waals surface area contributed by atoms with Gasteiger partial charge in [0.25, 0.3) is 0 Å². The Bertz CT molecular complexity index is 425. The van der Waals surface area contributed by atoms with Crippen LogP contribution in [0.2, 0.25) is 0 Å². The van der Waals surface area contributed by atoms with Crippen LogP contribution in [0.25, 0.3) is 0 Å². The standard InChI is InChI=1S/C22H34O2/c1-2-3-4-5-6-7-8-9-10-11-12-13-14-15-16-17-18-19-20-21-22(23)24/h6-7,9-10,12-13,15-16,18-19H,2-5,8,11,14,17,20-21H2,1H3,(H,23,24)/b7-6+,10-9+,13-12+,16-15-,19-18-. The monoisotopic (exact) mass is 330 g/mol. The second kappa shape index (κ2) is 19.2. The lowest BCUT2D eigenvalue weighted by Crippen LogP contribution is -1.91. The first-order valence-corrected chi connectivity index (χ1v) is 9.24. The maximum Gasteiger partial charge on any atom is 0.303 e. The van der Waals surface area contributed by atoms with Gasteiger partial charge in [-0.3, -0.25) is 4.79 Å². The summed E-state index contributed by atoms with van der Waals surface area (Å²) >= 11 is 0. The van der Waals surface area contributed by atoms with Gasteiger partial charge in [-0.25, -0.2) is 0 Å². The van der Waals surface area contributed by atoms with Crippen molar-refractivity contribution in [3.8, 4) is 0 Å². The number of carbonyl (C=O) groups is 1. The number of carboxylic acids is 1. The topological polar surface area (TPSA) is 37.3 Å². The van der Waals surface area contributed by atoms with E-state index in [0.29, 0.717) is 6.42 Å². The maximum atomic E-state index is 10.3. The average molecular weight is 331 g/mol. The van der Waals surface area contributed by atoms with Crippen LogP contribution in [0.5, 0.6) is 0 Å². The number of allylic oxidation sites excluding steroid dienone is 10. The van der Waals surface area contributed by atoms with E-state index in [0.717, 1.165) is 25.7 Å². The minimum Gasteiger partial charge on any atom is -0.481 e. The number of rotatable bonds is 15. The van der Waals surface area contributed by atoms with Crippen LogP contribution in [-0.2, 0) is 4.79 Å². The first kappa shape index (κ1) is 22.2. The predicted molar refractivity (Wildman–Crippen MR) is 105 cm³/mol. The fraction of sp³-hybridized carbons (Fsp3) is 0.500. The van der Waals surface area contributed by atoms with Gasteiger partial charge in [0.2, 0.25) is 0 Å². The molecule has 2 nitrogen and oxygen atoms in total. The number of aliphatic carboxylic acids is 1. The van der Waals surface area contributed by atoms with E-state index < -0.39 is 5.97 Å². The van der Waals surface area contributed by atoms with Crippen molar-refractivity contribution < 1.29 is 9.90 Å². The highest BCUT2D eigenvalue weighted by Crippen LogP contribution is 2.01. The summed E-state index contributed by atoms with van der Waals surface area (Å²) < 4.78 is 0. The second-order valence-electron chi connectivity index (χ2n) is 5.73. The number of hydrogen-bond donors (Lipinski definition) is 1. The van der Waals surface area contributed by atoms with Crippen molar-refractivity contribution in [1.82, 2.24) is 0 Å². The summed E-state index contributed by atoms with van der Waals surface area (Å²) in [5.74, 6) is -0.739. The lowest BCUT2D eigenvalue weighted by Gasteiger charge is -1.90. The molecule has 0 radical (unpaired) electrons. The van der Waals surface area contributed by atoms with Crippen LogP contribution in [0.1, 0.15) is 71.1 Å². The van der Waals surface area contributed by atoms with Crippen molar-refractivity contribution in [2.45, 2.75) is 71.1 Å². The van der Waals surface area contributed by atoms with Gasteiger partial charge in [-0.2, -0.15) is 0 Å². The summed E-state index contributed by atoms with van der Waals surface area (Å²) in [5.41, 5.74) is 0. The van der Waals surface area contributed by atoms with Crippen LogP contribution in [0, 0.1) is 0 Å². The summed E-state index contributed by atoms with van der Waals surface area (Å²) in [4.78, 5) is 10.3. The fourth-order valence-corrected chi connectivity index (χ4v) is 2.04. The quantitative estimate of drug-likeness (QED) is 0.265. The molecule has 0 aliphatic carbocycles. The minimum atomic E-state index is -0.739. The summed E-state index contributed by atoms with van der Waals surface area (Å²) in [6.45, 7) is 2.23. The molecule has 0 saturated carbocycles. The fourth-order valence-electron chi connectivity index (χ4n) is 2.04. The van der Waals surface area contributed by atoms with Gasteiger partial charge in [0.05, 0.1) is 0 Å². The molecule has 0 heterocycles. The molecule has 0 aromatic carbocycles. The molecule has 0 amide bonds. The van der Waals surface area contributed by atoms with Gasteiger partial charge in [0, 0.05) is 6.42 Å². The number of unbranched alkanes of at least 4 members (excludes halogenated alkanes) is 3. The molecule has 0 unspecified atom stereocenters. The van der Waals surface area contributed by atoms with Crippen LogP contribution >= 0.6 is 0 Å². The first-order chi connectivity index (χ1) is 11.8. The van der Waals surface area contributed by atoms with Gasteiger partial charge in [0.1, 0.15) is 0 Å². The van der Waals surface area contributed by atoms with Crippen LogP contribution in [0.4, 0.5) is 0 Å². The second-order valence-corrected chi connectivity index (χ2v) is 5.73. The Morgan fingerprint density at radius 3 is 1.50 bits per heavy atom. The smallest absolute Gasteiger partial charge is 0.303 e. The molecule has 0 aliphatic heterocycles. The molecule has 0 aromatic heterocycles. The van der Waals surface area contributed by atoms with E-state index in [-0.39, 0.29) is 6.42 Å². The van der Waals surface area contributed by atoms with Crippen LogP contribution in [-0.4, -0.2) is 11.1 Å². The third-order valence-corrected chi connectivity index (χ3v) is 3.42. The van der Waals surface area contributed by atoms with Crippen LogP contribution < -0.4 is 0 Å². The predicted octanol–water partition coefficient (Wildman–Crippen LogP) is 6.77. The van der Waals surface area contributed by atoms with E-state index >= 15 is 0 Å². The van der Waals surface area contributed by atoms with E-state index in [1.165, 1.54) is 25.7 Å². The zero-order valence-electron chi connectivity index (χ0n) is 15.2. The molecule has 0 atom stereocenters. The van der Waals surface area contributed by atoms with Crippen molar-refractivity contribution in [3.63, 3.8) is 0 Å². The third-order valence-electron chi connectivity index (χ3n) is 3.42. The SMILES string of the molecule is CCCCC/C=C/C/C=C/C/C=C/C/C=C\C/C=C\CCC(=O)O. The van der Waals surface area contributed by atoms with Crippen molar-refractivity contribution in [2.24, 2.45) is 0 Å². The number of carboxylic acid groups (broad SMARTS) is 1. The summed E-state index contributed by atoms with van der Waals surface area (Å²) in [6, 6.07) is 0. The Hall–Kier alpha value is -1.83. The molecule has 1 N–H and O–H groups in total. The van der Waals surface area contributed by atoms with Crippen molar-refractivity contribution in [2.75, 3.05) is 0 Å². The van der Waals surface area contributed by atoms with Crippen molar-refractivity contribution in [1.29, 1.82) is 0 Å². The van der Waals surface area contributed by atoms with E-state index in [1.807, 2.05) is 12.2 Å². The lowest BCUT2D eigenvalue weighted by atomic mass is 10.2. The molecule has 24 heavy (non-hydrogen) atoms. The Labute approximate surface area is 148 Å². The lowest BCUT2D eigenvalue weighted by molar-refractivity contribution is -0.136. The van der Waals surface area contributed by atoms with Gasteiger partial charge in [0.15, 0.2) is 0 Å². The molecule has 0 aromatic rings. The molecular weight excluding hydrogens is 296 g/mol. The molecule has 134 valence electrons. The van der Waals surface area contributed by atoms with Gasteiger partial charge < -0.3 is 5.11 Å². The van der Waals surface area contributed by atoms with Crippen LogP contribution in [0.15, 0.2) is 60.8 Å². The van der Waals surface area contributed by atoms with Crippen molar-refractivity contribution >= 4 is 5.97 Å². The Morgan fingerprint density at radius 1 is 0.667 bits per heavy atom. The molecule has 0 saturated heterocycles. The average Bonchev–Trinajstić information content (AvgIpc) is 2.56. The highest BCUT2D eigenvalue weighted by atomic mass is 16.4. The molecule has 0 rings (SSSR count). The van der Waals surface area contributed by atoms with E-state index in [9.17, 15) is 4.79 Å². The minimum absolute atomic E-state index is 0.213. The summed E-state index contributed by atoms with van der Waals surface area (Å²) in [5, 5.41) is 8.49. The van der Waals surface area contributed by atoms with E-state index in [1.54, 1.807) is 0 Å². The van der Waals surface area contributed by atoms with Gasteiger partial charge in [-0.05, 0) is 44.9 Å². The van der Waals surface area contributed by atoms with Crippen LogP contribution in [0.3, 0.4) is 0 Å². The Kier molecular flexibility index (Phi) is 17.8. The molecular formula is C22H34O2. The van der Waals surface area contributed by atoms with Crippen molar-refractivity contribution in [3.05, 3.63) is 60.8 Å². The largest absolute Gasteiger partial charge is 0.481 e. The normalized spacial score (nSPS) is 12.7. The Balaban J connectivity index is 3.46. The third kappa shape index (κ3) is 20.2. The van der Waals surface area contributed by atoms with Gasteiger partial charge in [-0.15, -0.1) is 0 Å². The summed E-state index contributed by atoms with van der Waals surface area (Å²) in [7, 11) is 0. The summed E-state index contributed by atoms with van der Waals surface area (Å²) in [6.07, 6.45) is 31.4. The molecule has 0 spiro atoms. The van der Waals surface area contributed by atoms with Gasteiger partial charge in [-0.1, -0.05) is 80.5 Å². The van der Waals surface area contributed by atoms with E-state index in [2.05, 4.69) is 55.5 Å². The maximum absolute atomic E-state index is 10.3. The molecule has 2 heteroatoms. The molecule has 0 aliphatic rings. The highest BCUT2D eigenvalue weighted by Gasteiger charge is 1.90. The molecule has 0 bridgehead atoms. The highest BCUT2D eigenvalue weighted by molar-refractivity contribution is 5.66. The van der Waals surface area contributed by atoms with E-state index in [4.69, 9.17) is 5.11 Å². The zero-order valence-corrected chi connectivity index (χ0v) is 15.2. The Morgan fingerprint density at radius 2 is 1.08 bits per heavy atom. The van der Waals surface area contributed by atoms with Gasteiger partial charge >= 0.3 is 5.97 Å².